The lowest BCUT2D eigenvalue weighted by Crippen LogP contribution is -2.32. The van der Waals surface area contributed by atoms with Gasteiger partial charge in [-0.3, -0.25) is 4.79 Å². The second-order valence-electron chi connectivity index (χ2n) is 7.81. The van der Waals surface area contributed by atoms with Crippen molar-refractivity contribution in [3.8, 4) is 11.8 Å². The lowest BCUT2D eigenvalue weighted by molar-refractivity contribution is -0.137. The van der Waals surface area contributed by atoms with Gasteiger partial charge < -0.3 is 15.4 Å². The van der Waals surface area contributed by atoms with Gasteiger partial charge in [0.15, 0.2) is 0 Å². The standard InChI is InChI=1S/C24H24F3N3O2/c1-3-23(31)30(15(2)16-4-11-22(24(25,26)27)17(12-16)14-28)19-6-9-20(10-7-19)32-21-8-5-18(29)13-21/h3-4,6-7,9-12,15,18,21H,1,5,8,13,29H2,2H3/t15-,18-,21-/m1/s1. The van der Waals surface area contributed by atoms with Gasteiger partial charge in [0.25, 0.3) is 5.91 Å². The molecule has 1 aliphatic carbocycles. The summed E-state index contributed by atoms with van der Waals surface area (Å²) in [7, 11) is 0. The Morgan fingerprint density at radius 2 is 1.97 bits per heavy atom. The SMILES string of the molecule is C=CC(=O)N(c1ccc(O[C@@H]2CC[C@@H](N)C2)cc1)[C@H](C)c1ccc(C(F)(F)F)c(C#N)c1. The third kappa shape index (κ3) is 5.11. The zero-order chi connectivity index (χ0) is 23.5. The number of hydrogen-bond donors (Lipinski definition) is 1. The Balaban J connectivity index is 1.87. The summed E-state index contributed by atoms with van der Waals surface area (Å²) in [6, 6.07) is 11.3. The molecule has 1 saturated carbocycles. The number of nitrogens with zero attached hydrogens (tertiary/aromatic N) is 2. The van der Waals surface area contributed by atoms with Gasteiger partial charge in [0.1, 0.15) is 11.9 Å². The summed E-state index contributed by atoms with van der Waals surface area (Å²) in [6.07, 6.45) is -0.860. The normalized spacial score (nSPS) is 19.1. The summed E-state index contributed by atoms with van der Waals surface area (Å²) < 4.78 is 45.3. The van der Waals surface area contributed by atoms with Crippen molar-refractivity contribution < 1.29 is 22.7 Å². The number of carbonyl (C=O) groups excluding carboxylic acids is 1. The topological polar surface area (TPSA) is 79.3 Å². The number of alkyl halides is 3. The van der Waals surface area contributed by atoms with Crippen LogP contribution in [-0.2, 0) is 11.0 Å². The van der Waals surface area contributed by atoms with Gasteiger partial charge in [-0.2, -0.15) is 18.4 Å². The molecule has 0 aliphatic heterocycles. The van der Waals surface area contributed by atoms with Crippen LogP contribution in [0.2, 0.25) is 0 Å². The number of carbonyl (C=O) groups is 1. The Hall–Kier alpha value is -3.31. The molecule has 1 fully saturated rings. The zero-order valence-electron chi connectivity index (χ0n) is 17.6. The third-order valence-electron chi connectivity index (χ3n) is 5.59. The van der Waals surface area contributed by atoms with E-state index >= 15 is 0 Å². The molecular weight excluding hydrogens is 419 g/mol. The van der Waals surface area contributed by atoms with Crippen LogP contribution in [0.1, 0.15) is 48.9 Å². The Morgan fingerprint density at radius 3 is 2.50 bits per heavy atom. The highest BCUT2D eigenvalue weighted by Gasteiger charge is 2.34. The predicted molar refractivity (Wildman–Crippen MR) is 115 cm³/mol. The van der Waals surface area contributed by atoms with E-state index in [1.54, 1.807) is 37.3 Å². The smallest absolute Gasteiger partial charge is 0.417 e. The van der Waals surface area contributed by atoms with Gasteiger partial charge in [0.2, 0.25) is 0 Å². The molecule has 0 heterocycles. The Kier molecular flexibility index (Phi) is 6.90. The van der Waals surface area contributed by atoms with E-state index in [0.717, 1.165) is 37.5 Å². The van der Waals surface area contributed by atoms with Gasteiger partial charge in [-0.1, -0.05) is 12.6 Å². The molecule has 0 spiro atoms. The minimum absolute atomic E-state index is 0.0530. The molecule has 5 nitrogen and oxygen atoms in total. The summed E-state index contributed by atoms with van der Waals surface area (Å²) in [5.74, 6) is 0.221. The average Bonchev–Trinajstić information content (AvgIpc) is 3.18. The number of rotatable bonds is 6. The molecule has 8 heteroatoms. The van der Waals surface area contributed by atoms with E-state index in [9.17, 15) is 23.2 Å². The number of hydrogen-bond acceptors (Lipinski definition) is 4. The molecule has 3 atom stereocenters. The molecule has 2 aromatic rings. The molecule has 1 aliphatic rings. The first-order valence-electron chi connectivity index (χ1n) is 10.2. The molecule has 0 unspecified atom stereocenters. The number of ether oxygens (including phenoxy) is 1. The number of halogens is 3. The fourth-order valence-electron chi connectivity index (χ4n) is 3.91. The molecule has 32 heavy (non-hydrogen) atoms. The van der Waals surface area contributed by atoms with Crippen LogP contribution in [0.3, 0.4) is 0 Å². The van der Waals surface area contributed by atoms with E-state index in [-0.39, 0.29) is 12.1 Å². The monoisotopic (exact) mass is 443 g/mol. The maximum atomic E-state index is 13.1. The number of amides is 1. The summed E-state index contributed by atoms with van der Waals surface area (Å²) in [5, 5.41) is 9.19. The number of benzene rings is 2. The van der Waals surface area contributed by atoms with Gasteiger partial charge >= 0.3 is 6.18 Å². The first kappa shape index (κ1) is 23.4. The fraction of sp³-hybridized carbons (Fsp3) is 0.333. The van der Waals surface area contributed by atoms with E-state index in [0.29, 0.717) is 17.0 Å². The summed E-state index contributed by atoms with van der Waals surface area (Å²) in [5.41, 5.74) is 5.33. The van der Waals surface area contributed by atoms with E-state index in [2.05, 4.69) is 6.58 Å². The van der Waals surface area contributed by atoms with Crippen LogP contribution in [-0.4, -0.2) is 18.1 Å². The molecule has 0 bridgehead atoms. The van der Waals surface area contributed by atoms with Gasteiger partial charge in [0, 0.05) is 11.7 Å². The van der Waals surface area contributed by atoms with Gasteiger partial charge in [-0.05, 0) is 74.2 Å². The van der Waals surface area contributed by atoms with Crippen LogP contribution in [0.15, 0.2) is 55.1 Å². The van der Waals surface area contributed by atoms with Crippen molar-refractivity contribution in [1.82, 2.24) is 0 Å². The molecule has 3 rings (SSSR count). The summed E-state index contributed by atoms with van der Waals surface area (Å²) in [4.78, 5) is 14.0. The first-order chi connectivity index (χ1) is 15.1. The molecule has 0 radical (unpaired) electrons. The van der Waals surface area contributed by atoms with Crippen LogP contribution in [0, 0.1) is 11.3 Å². The van der Waals surface area contributed by atoms with Crippen molar-refractivity contribution in [2.45, 2.75) is 50.6 Å². The van der Waals surface area contributed by atoms with E-state index < -0.39 is 29.3 Å². The van der Waals surface area contributed by atoms with Gasteiger partial charge in [-0.15, -0.1) is 0 Å². The summed E-state index contributed by atoms with van der Waals surface area (Å²) in [6.45, 7) is 5.20. The first-order valence-corrected chi connectivity index (χ1v) is 10.2. The fourth-order valence-corrected chi connectivity index (χ4v) is 3.91. The number of anilines is 1. The maximum absolute atomic E-state index is 13.1. The molecule has 168 valence electrons. The quantitative estimate of drug-likeness (QED) is 0.629. The molecular formula is C24H24F3N3O2. The van der Waals surface area contributed by atoms with Crippen molar-refractivity contribution in [1.29, 1.82) is 5.26 Å². The largest absolute Gasteiger partial charge is 0.490 e. The lowest BCUT2D eigenvalue weighted by atomic mass is 9.99. The van der Waals surface area contributed by atoms with Crippen molar-refractivity contribution in [2.75, 3.05) is 4.90 Å². The van der Waals surface area contributed by atoms with Crippen LogP contribution >= 0.6 is 0 Å². The molecule has 2 aromatic carbocycles. The highest BCUT2D eigenvalue weighted by molar-refractivity contribution is 6.01. The highest BCUT2D eigenvalue weighted by atomic mass is 19.4. The maximum Gasteiger partial charge on any atom is 0.417 e. The number of nitriles is 1. The molecule has 0 aromatic heterocycles. The Morgan fingerprint density at radius 1 is 1.28 bits per heavy atom. The minimum atomic E-state index is -4.64. The van der Waals surface area contributed by atoms with Crippen LogP contribution < -0.4 is 15.4 Å². The second kappa shape index (κ2) is 9.45. The Labute approximate surface area is 184 Å². The zero-order valence-corrected chi connectivity index (χ0v) is 17.6. The van der Waals surface area contributed by atoms with E-state index in [4.69, 9.17) is 10.5 Å². The van der Waals surface area contributed by atoms with Crippen molar-refractivity contribution in [2.24, 2.45) is 5.73 Å². The van der Waals surface area contributed by atoms with Crippen LogP contribution in [0.5, 0.6) is 5.75 Å². The molecule has 2 N–H and O–H groups in total. The van der Waals surface area contributed by atoms with Gasteiger partial charge in [0.05, 0.1) is 23.2 Å². The highest BCUT2D eigenvalue weighted by Crippen LogP contribution is 2.35. The van der Waals surface area contributed by atoms with E-state index in [1.807, 2.05) is 0 Å². The van der Waals surface area contributed by atoms with Crippen molar-refractivity contribution in [3.63, 3.8) is 0 Å². The van der Waals surface area contributed by atoms with E-state index in [1.165, 1.54) is 11.0 Å². The van der Waals surface area contributed by atoms with Crippen LogP contribution in [0.25, 0.3) is 0 Å². The van der Waals surface area contributed by atoms with Crippen molar-refractivity contribution in [3.05, 3.63) is 71.8 Å². The number of nitrogens with two attached hydrogens (primary N) is 1. The average molecular weight is 443 g/mol. The second-order valence-corrected chi connectivity index (χ2v) is 7.81. The Bertz CT molecular complexity index is 1030. The van der Waals surface area contributed by atoms with Crippen LogP contribution in [0.4, 0.5) is 18.9 Å². The summed E-state index contributed by atoms with van der Waals surface area (Å²) >= 11 is 0. The minimum Gasteiger partial charge on any atom is -0.490 e. The third-order valence-corrected chi connectivity index (χ3v) is 5.59. The van der Waals surface area contributed by atoms with Gasteiger partial charge in [-0.25, -0.2) is 0 Å². The van der Waals surface area contributed by atoms with Crippen molar-refractivity contribution >= 4 is 11.6 Å². The molecule has 0 saturated heterocycles. The molecule has 1 amide bonds. The predicted octanol–water partition coefficient (Wildman–Crippen LogP) is 5.12. The lowest BCUT2D eigenvalue weighted by Gasteiger charge is -2.29.